The van der Waals surface area contributed by atoms with Gasteiger partial charge >= 0.3 is 14.2 Å². The second-order valence-electron chi connectivity index (χ2n) is 11.8. The number of alkyl halides is 1. The van der Waals surface area contributed by atoms with Gasteiger partial charge in [-0.25, -0.2) is 0 Å². The Hall–Kier alpha value is -0.860. The number of hydrogen-bond acceptors (Lipinski definition) is 4. The Balaban J connectivity index is 1.50. The number of benzene rings is 2. The van der Waals surface area contributed by atoms with E-state index in [2.05, 4.69) is 121 Å². The van der Waals surface area contributed by atoms with Crippen LogP contribution in [0.1, 0.15) is 73.4 Å². The Morgan fingerprint density at radius 3 is 1.36 bits per heavy atom. The minimum absolute atomic E-state index is 0.151. The van der Waals surface area contributed by atoms with E-state index in [0.29, 0.717) is 0 Å². The van der Waals surface area contributed by atoms with E-state index < -0.39 is 0 Å². The SMILES string of the molecule is CC1(C)c2cc(B3OC(C)(C)C(C)(C)O3)ccc2-c2ccc(B3OC(C)(C)C(C)(I)O3)cc21. The molecule has 4 nitrogen and oxygen atoms in total. The molecule has 0 saturated carbocycles. The van der Waals surface area contributed by atoms with Crippen molar-refractivity contribution in [3.63, 3.8) is 0 Å². The lowest BCUT2D eigenvalue weighted by Crippen LogP contribution is -2.41. The van der Waals surface area contributed by atoms with Crippen LogP contribution in [0.2, 0.25) is 0 Å². The fourth-order valence-electron chi connectivity index (χ4n) is 4.92. The van der Waals surface area contributed by atoms with Gasteiger partial charge in [0.2, 0.25) is 0 Å². The molecule has 7 heteroatoms. The lowest BCUT2D eigenvalue weighted by atomic mass is 9.73. The Kier molecular flexibility index (Phi) is 5.13. The summed E-state index contributed by atoms with van der Waals surface area (Å²) < 4.78 is 24.9. The molecule has 0 amide bonds. The van der Waals surface area contributed by atoms with Crippen LogP contribution in [0.25, 0.3) is 11.1 Å². The van der Waals surface area contributed by atoms with Crippen LogP contribution in [-0.4, -0.2) is 34.6 Å². The third kappa shape index (κ3) is 3.48. The van der Waals surface area contributed by atoms with E-state index >= 15 is 0 Å². The Bertz CT molecular complexity index is 1020. The van der Waals surface area contributed by atoms with Gasteiger partial charge in [0.15, 0.2) is 0 Å². The lowest BCUT2D eigenvalue weighted by Gasteiger charge is -2.32. The first-order chi connectivity index (χ1) is 15.1. The first-order valence-electron chi connectivity index (χ1n) is 11.8. The predicted octanol–water partition coefficient (Wildman–Crippen LogP) is 4.96. The van der Waals surface area contributed by atoms with E-state index in [1.165, 1.54) is 22.3 Å². The molecule has 33 heavy (non-hydrogen) atoms. The van der Waals surface area contributed by atoms with Crippen molar-refractivity contribution in [2.24, 2.45) is 0 Å². The highest BCUT2D eigenvalue weighted by Crippen LogP contribution is 2.49. The molecule has 0 bridgehead atoms. The molecule has 5 rings (SSSR count). The molecule has 1 atom stereocenters. The maximum Gasteiger partial charge on any atom is 0.495 e. The van der Waals surface area contributed by atoms with Crippen molar-refractivity contribution >= 4 is 47.8 Å². The van der Waals surface area contributed by atoms with Crippen LogP contribution in [0.4, 0.5) is 0 Å². The van der Waals surface area contributed by atoms with Gasteiger partial charge in [0.05, 0.1) is 16.8 Å². The van der Waals surface area contributed by atoms with Crippen molar-refractivity contribution in [1.29, 1.82) is 0 Å². The van der Waals surface area contributed by atoms with Crippen molar-refractivity contribution < 1.29 is 18.6 Å². The standard InChI is InChI=1S/C26H33B2IO4/c1-22(2)20-14-16(27-30-23(3,4)24(5,6)31-27)10-12-18(20)19-13-11-17(15-21(19)22)28-32-25(7,8)26(9,29)33-28/h10-15H,1-9H3. The van der Waals surface area contributed by atoms with Crippen LogP contribution in [0.15, 0.2) is 36.4 Å². The molecule has 2 saturated heterocycles. The van der Waals surface area contributed by atoms with Crippen molar-refractivity contribution in [1.82, 2.24) is 0 Å². The van der Waals surface area contributed by atoms with Crippen LogP contribution in [-0.2, 0) is 24.0 Å². The van der Waals surface area contributed by atoms with Crippen molar-refractivity contribution in [3.8, 4) is 11.1 Å². The van der Waals surface area contributed by atoms with Crippen molar-refractivity contribution in [2.75, 3.05) is 0 Å². The summed E-state index contributed by atoms with van der Waals surface area (Å²) in [5.41, 5.74) is 6.05. The van der Waals surface area contributed by atoms with Gasteiger partial charge in [-0.2, -0.15) is 0 Å². The third-order valence-corrected chi connectivity index (χ3v) is 9.88. The summed E-state index contributed by atoms with van der Waals surface area (Å²) in [7, 11) is -0.730. The van der Waals surface area contributed by atoms with E-state index in [9.17, 15) is 0 Å². The van der Waals surface area contributed by atoms with Gasteiger partial charge in [0, 0.05) is 5.41 Å². The quantitative estimate of drug-likeness (QED) is 0.297. The number of rotatable bonds is 2. The molecule has 0 aromatic heterocycles. The normalized spacial score (nSPS) is 28.2. The molecule has 2 fully saturated rings. The molecule has 0 N–H and O–H groups in total. The molecule has 2 heterocycles. The van der Waals surface area contributed by atoms with E-state index in [1.54, 1.807) is 0 Å². The van der Waals surface area contributed by atoms with Gasteiger partial charge in [-0.05, 0) is 104 Å². The van der Waals surface area contributed by atoms with Crippen LogP contribution >= 0.6 is 22.6 Å². The molecular weight excluding hydrogens is 525 g/mol. The number of fused-ring (bicyclic) bond motifs is 3. The topological polar surface area (TPSA) is 36.9 Å². The molecule has 0 spiro atoms. The zero-order chi connectivity index (χ0) is 24.2. The second-order valence-corrected chi connectivity index (χ2v) is 13.9. The Morgan fingerprint density at radius 1 is 0.576 bits per heavy atom. The van der Waals surface area contributed by atoms with Gasteiger partial charge in [-0.1, -0.05) is 50.2 Å². The summed E-state index contributed by atoms with van der Waals surface area (Å²) in [5.74, 6) is 0. The largest absolute Gasteiger partial charge is 0.495 e. The first kappa shape index (κ1) is 23.9. The molecular formula is C26H33B2IO4. The predicted molar refractivity (Wildman–Crippen MR) is 144 cm³/mol. The third-order valence-electron chi connectivity index (χ3n) is 8.33. The maximum atomic E-state index is 6.32. The average molecular weight is 558 g/mol. The summed E-state index contributed by atoms with van der Waals surface area (Å²) in [5, 5.41) is 0. The van der Waals surface area contributed by atoms with Gasteiger partial charge in [-0.15, -0.1) is 0 Å². The van der Waals surface area contributed by atoms with Crippen LogP contribution in [0.5, 0.6) is 0 Å². The van der Waals surface area contributed by atoms with Crippen LogP contribution in [0.3, 0.4) is 0 Å². The highest BCUT2D eigenvalue weighted by atomic mass is 127. The molecule has 1 aliphatic carbocycles. The van der Waals surface area contributed by atoms with Gasteiger partial charge in [0.25, 0.3) is 0 Å². The van der Waals surface area contributed by atoms with Crippen LogP contribution in [0, 0.1) is 0 Å². The molecule has 2 aromatic carbocycles. The zero-order valence-corrected chi connectivity index (χ0v) is 23.3. The first-order valence-corrected chi connectivity index (χ1v) is 12.8. The zero-order valence-electron chi connectivity index (χ0n) is 21.1. The number of halogens is 1. The number of hydrogen-bond donors (Lipinski definition) is 0. The molecule has 2 aromatic rings. The van der Waals surface area contributed by atoms with Gasteiger partial charge < -0.3 is 18.6 Å². The molecule has 1 unspecified atom stereocenters. The van der Waals surface area contributed by atoms with Gasteiger partial charge in [-0.3, -0.25) is 0 Å². The van der Waals surface area contributed by atoms with Gasteiger partial charge in [0.1, 0.15) is 3.61 Å². The second kappa shape index (κ2) is 7.10. The summed E-state index contributed by atoms with van der Waals surface area (Å²) >= 11 is 2.35. The maximum absolute atomic E-state index is 6.32. The molecule has 2 aliphatic heterocycles. The van der Waals surface area contributed by atoms with Crippen LogP contribution < -0.4 is 10.9 Å². The summed E-state index contributed by atoms with van der Waals surface area (Å²) in [6.45, 7) is 19.2. The van der Waals surface area contributed by atoms with Crippen molar-refractivity contribution in [2.45, 2.75) is 88.1 Å². The van der Waals surface area contributed by atoms with E-state index in [-0.39, 0.29) is 40.1 Å². The molecule has 174 valence electrons. The highest BCUT2D eigenvalue weighted by Gasteiger charge is 2.54. The minimum atomic E-state index is -0.384. The summed E-state index contributed by atoms with van der Waals surface area (Å²) in [6.07, 6.45) is 0. The average Bonchev–Trinajstić information content (AvgIpc) is 3.16. The summed E-state index contributed by atoms with van der Waals surface area (Å²) in [6, 6.07) is 13.3. The van der Waals surface area contributed by atoms with Crippen molar-refractivity contribution in [3.05, 3.63) is 47.5 Å². The fourth-order valence-corrected chi connectivity index (χ4v) is 5.28. The smallest absolute Gasteiger partial charge is 0.399 e. The van der Waals surface area contributed by atoms with E-state index in [0.717, 1.165) is 10.9 Å². The molecule has 3 aliphatic rings. The summed E-state index contributed by atoms with van der Waals surface area (Å²) in [4.78, 5) is 0. The Labute approximate surface area is 212 Å². The highest BCUT2D eigenvalue weighted by molar-refractivity contribution is 14.1. The van der Waals surface area contributed by atoms with E-state index in [4.69, 9.17) is 18.6 Å². The Morgan fingerprint density at radius 2 is 0.970 bits per heavy atom. The monoisotopic (exact) mass is 558 g/mol. The molecule has 0 radical (unpaired) electrons. The fraction of sp³-hybridized carbons (Fsp3) is 0.538. The lowest BCUT2D eigenvalue weighted by molar-refractivity contribution is 0.00578. The minimum Gasteiger partial charge on any atom is -0.399 e. The van der Waals surface area contributed by atoms with E-state index in [1.807, 2.05) is 0 Å².